The maximum atomic E-state index is 3.56. The molecule has 0 aliphatic carbocycles. The number of hydrogen-bond acceptors (Lipinski definition) is 1. The zero-order valence-corrected chi connectivity index (χ0v) is 20.6. The second-order valence-corrected chi connectivity index (χ2v) is 9.59. The number of thiophene rings is 1. The highest BCUT2D eigenvalue weighted by Crippen LogP contribution is 2.41. The topological polar surface area (TPSA) is 15.8 Å². The molecule has 4 aromatic carbocycles. The van der Waals surface area contributed by atoms with E-state index in [9.17, 15) is 0 Å². The number of nitrogens with one attached hydrogen (secondary N) is 1. The fourth-order valence-corrected chi connectivity index (χ4v) is 5.71. The third-order valence-corrected chi connectivity index (χ3v) is 7.37. The molecule has 0 atom stereocenters. The molecule has 6 aromatic rings. The van der Waals surface area contributed by atoms with Crippen LogP contribution in [0.2, 0.25) is 0 Å². The highest BCUT2D eigenvalue weighted by atomic mass is 32.1. The summed E-state index contributed by atoms with van der Waals surface area (Å²) in [5.41, 5.74) is 11.0. The van der Waals surface area contributed by atoms with E-state index in [0.29, 0.717) is 0 Å². The molecule has 1 nitrogen and oxygen atoms in total. The molecule has 2 heteroatoms. The maximum absolute atomic E-state index is 3.56. The van der Waals surface area contributed by atoms with Crippen LogP contribution in [-0.2, 0) is 0 Å². The number of aromatic nitrogens is 1. The third kappa shape index (κ3) is 4.35. The van der Waals surface area contributed by atoms with Gasteiger partial charge in [0.25, 0.3) is 0 Å². The summed E-state index contributed by atoms with van der Waals surface area (Å²) in [5.74, 6) is 0. The number of H-pyrrole nitrogens is 1. The third-order valence-electron chi connectivity index (χ3n) is 6.43. The molecule has 0 spiro atoms. The van der Waals surface area contributed by atoms with Gasteiger partial charge in [0.1, 0.15) is 0 Å². The Morgan fingerprint density at radius 3 is 1.50 bits per heavy atom. The van der Waals surface area contributed by atoms with Crippen LogP contribution in [0.1, 0.15) is 10.6 Å². The molecule has 2 aromatic heterocycles. The molecule has 0 aliphatic rings. The Labute approximate surface area is 216 Å². The first-order valence-electron chi connectivity index (χ1n) is 12.1. The lowest BCUT2D eigenvalue weighted by Crippen LogP contribution is -1.84. The second kappa shape index (κ2) is 10.1. The van der Waals surface area contributed by atoms with E-state index in [2.05, 4.69) is 150 Å². The van der Waals surface area contributed by atoms with Crippen molar-refractivity contribution in [2.75, 3.05) is 0 Å². The zero-order valence-electron chi connectivity index (χ0n) is 19.8. The van der Waals surface area contributed by atoms with Crippen LogP contribution in [0.15, 0.2) is 133 Å². The van der Waals surface area contributed by atoms with Gasteiger partial charge in [-0.25, -0.2) is 0 Å². The van der Waals surface area contributed by atoms with E-state index < -0.39 is 0 Å². The van der Waals surface area contributed by atoms with Crippen molar-refractivity contribution < 1.29 is 0 Å². The molecule has 2 heterocycles. The molecule has 172 valence electrons. The predicted octanol–water partition coefficient (Wildman–Crippen LogP) is 9.91. The average molecular weight is 480 g/mol. The van der Waals surface area contributed by atoms with Gasteiger partial charge < -0.3 is 4.98 Å². The number of hydrogen-bond donors (Lipinski definition) is 1. The van der Waals surface area contributed by atoms with Crippen LogP contribution < -0.4 is 0 Å². The van der Waals surface area contributed by atoms with Crippen LogP contribution in [0.4, 0.5) is 0 Å². The molecule has 0 saturated heterocycles. The van der Waals surface area contributed by atoms with E-state index in [0.717, 1.165) is 5.69 Å². The maximum Gasteiger partial charge on any atom is 0.0466 e. The summed E-state index contributed by atoms with van der Waals surface area (Å²) < 4.78 is 0. The Balaban J connectivity index is 1.48. The summed E-state index contributed by atoms with van der Waals surface area (Å²) >= 11 is 1.79. The normalized spacial score (nSPS) is 11.2. The van der Waals surface area contributed by atoms with Crippen molar-refractivity contribution in [1.29, 1.82) is 0 Å². The van der Waals surface area contributed by atoms with Crippen molar-refractivity contribution in [3.05, 3.63) is 143 Å². The summed E-state index contributed by atoms with van der Waals surface area (Å²) in [4.78, 5) is 4.80. The van der Waals surface area contributed by atoms with Crippen molar-refractivity contribution in [3.8, 4) is 44.5 Å². The van der Waals surface area contributed by atoms with E-state index in [4.69, 9.17) is 0 Å². The summed E-state index contributed by atoms with van der Waals surface area (Å²) in [5, 5.41) is 2.28. The van der Waals surface area contributed by atoms with Gasteiger partial charge in [0, 0.05) is 39.0 Å². The number of rotatable bonds is 6. The minimum Gasteiger partial charge on any atom is -0.361 e. The Morgan fingerprint density at radius 2 is 0.944 bits per heavy atom. The Kier molecular flexibility index (Phi) is 6.18. The Hall–Kier alpha value is -4.40. The lowest BCUT2D eigenvalue weighted by atomic mass is 9.95. The zero-order chi connectivity index (χ0) is 24.2. The molecule has 0 bridgehead atoms. The van der Waals surface area contributed by atoms with Crippen LogP contribution >= 0.6 is 11.3 Å². The monoisotopic (exact) mass is 479 g/mol. The summed E-state index contributed by atoms with van der Waals surface area (Å²) in [6.07, 6.45) is 6.60. The van der Waals surface area contributed by atoms with E-state index in [1.54, 1.807) is 11.3 Å². The van der Waals surface area contributed by atoms with Crippen LogP contribution in [0, 0.1) is 0 Å². The van der Waals surface area contributed by atoms with Gasteiger partial charge in [-0.2, -0.15) is 0 Å². The van der Waals surface area contributed by atoms with Crippen molar-refractivity contribution in [2.24, 2.45) is 0 Å². The van der Waals surface area contributed by atoms with Gasteiger partial charge in [-0.1, -0.05) is 121 Å². The van der Waals surface area contributed by atoms with Gasteiger partial charge in [-0.3, -0.25) is 0 Å². The first-order chi connectivity index (χ1) is 17.9. The van der Waals surface area contributed by atoms with Crippen molar-refractivity contribution in [2.45, 2.75) is 0 Å². The van der Waals surface area contributed by atoms with Crippen molar-refractivity contribution in [3.63, 3.8) is 0 Å². The molecule has 0 amide bonds. The molecule has 36 heavy (non-hydrogen) atoms. The lowest BCUT2D eigenvalue weighted by Gasteiger charge is -2.08. The van der Waals surface area contributed by atoms with Gasteiger partial charge >= 0.3 is 0 Å². The standard InChI is InChI=1S/C34H25NS/c1-5-13-25(14-6-1)29-23-35-31(33(29)27-17-9-3-10-18-27)21-22-32-34(28-19-11-4-12-20-28)30(24-36-32)26-15-7-2-8-16-26/h1-24,35H/b22-21+. The summed E-state index contributed by atoms with van der Waals surface area (Å²) in [7, 11) is 0. The smallest absolute Gasteiger partial charge is 0.0466 e. The van der Waals surface area contributed by atoms with Gasteiger partial charge in [0.15, 0.2) is 0 Å². The molecular weight excluding hydrogens is 454 g/mol. The highest BCUT2D eigenvalue weighted by Gasteiger charge is 2.16. The lowest BCUT2D eigenvalue weighted by molar-refractivity contribution is 1.38. The largest absolute Gasteiger partial charge is 0.361 e. The Bertz CT molecular complexity index is 1470. The van der Waals surface area contributed by atoms with Crippen LogP contribution in [0.3, 0.4) is 0 Å². The highest BCUT2D eigenvalue weighted by molar-refractivity contribution is 7.12. The minimum atomic E-state index is 1.11. The average Bonchev–Trinajstić information content (AvgIpc) is 3.58. The molecule has 0 aliphatic heterocycles. The van der Waals surface area contributed by atoms with Crippen molar-refractivity contribution in [1.82, 2.24) is 4.98 Å². The molecule has 0 fully saturated rings. The summed E-state index contributed by atoms with van der Waals surface area (Å²) in [6, 6.07) is 42.6. The first-order valence-corrected chi connectivity index (χ1v) is 13.0. The molecule has 0 unspecified atom stereocenters. The van der Waals surface area contributed by atoms with E-state index >= 15 is 0 Å². The number of aromatic amines is 1. The fraction of sp³-hybridized carbons (Fsp3) is 0. The second-order valence-electron chi connectivity index (χ2n) is 8.68. The van der Waals surface area contributed by atoms with E-state index in [1.807, 2.05) is 0 Å². The molecule has 1 N–H and O–H groups in total. The Morgan fingerprint density at radius 1 is 0.472 bits per heavy atom. The molecule has 0 saturated carbocycles. The van der Waals surface area contributed by atoms with Crippen molar-refractivity contribution >= 4 is 23.5 Å². The van der Waals surface area contributed by atoms with Gasteiger partial charge in [-0.05, 0) is 39.8 Å². The first kappa shape index (κ1) is 22.1. The predicted molar refractivity (Wildman–Crippen MR) is 156 cm³/mol. The van der Waals surface area contributed by atoms with Gasteiger partial charge in [0.05, 0.1) is 0 Å². The van der Waals surface area contributed by atoms with E-state index in [-0.39, 0.29) is 0 Å². The van der Waals surface area contributed by atoms with Crippen LogP contribution in [0.25, 0.3) is 56.7 Å². The SMILES string of the molecule is C(=C\c1scc(-c2ccccc2)c1-c1ccccc1)/c1[nH]cc(-c2ccccc2)c1-c1ccccc1. The minimum absolute atomic E-state index is 1.11. The van der Waals surface area contributed by atoms with Gasteiger partial charge in [0.2, 0.25) is 0 Å². The summed E-state index contributed by atoms with van der Waals surface area (Å²) in [6.45, 7) is 0. The van der Waals surface area contributed by atoms with Crippen LogP contribution in [-0.4, -0.2) is 4.98 Å². The molecule has 6 rings (SSSR count). The fourth-order valence-electron chi connectivity index (χ4n) is 4.72. The molecule has 0 radical (unpaired) electrons. The quantitative estimate of drug-likeness (QED) is 0.245. The molecular formula is C34H25NS. The van der Waals surface area contributed by atoms with E-state index in [1.165, 1.54) is 49.4 Å². The van der Waals surface area contributed by atoms with Gasteiger partial charge in [-0.15, -0.1) is 11.3 Å². The van der Waals surface area contributed by atoms with Crippen LogP contribution in [0.5, 0.6) is 0 Å². The number of benzene rings is 4.